The molecule has 2 aromatic heterocycles. The van der Waals surface area contributed by atoms with E-state index in [0.717, 1.165) is 32.4 Å². The van der Waals surface area contributed by atoms with Crippen LogP contribution in [0.25, 0.3) is 9.88 Å². The van der Waals surface area contributed by atoms with Gasteiger partial charge in [0.05, 0.1) is 22.7 Å². The maximum Gasteiger partial charge on any atom is 0.240 e. The number of aromatic nitrogens is 1. The fraction of sp³-hybridized carbons (Fsp3) is 0.310. The van der Waals surface area contributed by atoms with E-state index < -0.39 is 11.0 Å². The van der Waals surface area contributed by atoms with E-state index in [2.05, 4.69) is 29.0 Å². The van der Waals surface area contributed by atoms with E-state index in [9.17, 15) is 9.00 Å². The number of rotatable bonds is 11. The van der Waals surface area contributed by atoms with Crippen LogP contribution in [0.15, 0.2) is 77.5 Å². The average molecular weight is 567 g/mol. The minimum Gasteiger partial charge on any atom is -0.335 e. The molecule has 0 aliphatic carbocycles. The summed E-state index contributed by atoms with van der Waals surface area (Å²) in [6.45, 7) is 0. The summed E-state index contributed by atoms with van der Waals surface area (Å²) in [6.07, 6.45) is 2.92. The zero-order valence-electron chi connectivity index (χ0n) is 22.4. The molecule has 4 aromatic rings. The normalized spacial score (nSPS) is 13.7. The maximum absolute atomic E-state index is 14.0. The second-order valence-corrected chi connectivity index (χ2v) is 12.7. The van der Waals surface area contributed by atoms with Gasteiger partial charge >= 0.3 is 0 Å². The van der Waals surface area contributed by atoms with Gasteiger partial charge in [-0.25, -0.2) is 9.19 Å². The summed E-state index contributed by atoms with van der Waals surface area (Å²) in [5.74, 6) is 0.0623. The molecule has 3 atom stereocenters. The summed E-state index contributed by atoms with van der Waals surface area (Å²) in [4.78, 5) is 23.9. The zero-order valence-corrected chi connectivity index (χ0v) is 24.9. The Morgan fingerprint density at radius 2 is 1.58 bits per heavy atom. The van der Waals surface area contributed by atoms with Crippen molar-refractivity contribution in [1.29, 1.82) is 0 Å². The van der Waals surface area contributed by atoms with E-state index in [4.69, 9.17) is 4.98 Å². The van der Waals surface area contributed by atoms with Crippen molar-refractivity contribution < 1.29 is 9.00 Å². The molecule has 0 radical (unpaired) electrons. The number of likely N-dealkylation sites (N-methyl/N-ethyl adjacent to an activating group) is 2. The van der Waals surface area contributed by atoms with E-state index in [0.29, 0.717) is 12.8 Å². The van der Waals surface area contributed by atoms with Gasteiger partial charge in [0.25, 0.3) is 0 Å². The number of carbonyl (C=O) groups is 1. The highest BCUT2D eigenvalue weighted by Gasteiger charge is 2.31. The predicted molar refractivity (Wildman–Crippen MR) is 161 cm³/mol. The van der Waals surface area contributed by atoms with E-state index >= 15 is 0 Å². The van der Waals surface area contributed by atoms with Crippen LogP contribution in [0.2, 0.25) is 0 Å². The number of benzene rings is 2. The van der Waals surface area contributed by atoms with Crippen LogP contribution in [-0.2, 0) is 28.6 Å². The molecule has 0 aliphatic rings. The second-order valence-electron chi connectivity index (χ2n) is 9.48. The Bertz CT molecular complexity index is 1340. The standard InChI is InChI=1S/C29H34N4O2S3/c1-31(2)26(19-21-10-7-6-8-11-21)29(34)32(3)25(24-20-37-28(30-24)27-12-9-17-36-27)18-22-13-15-23(16-14-22)33(4)38(5)35/h6-17,20,25-26H,18-19H2,1-5H3. The highest BCUT2D eigenvalue weighted by Crippen LogP contribution is 2.33. The maximum atomic E-state index is 14.0. The van der Waals surface area contributed by atoms with Crippen LogP contribution >= 0.6 is 22.7 Å². The Labute approximate surface area is 236 Å². The topological polar surface area (TPSA) is 56.8 Å². The van der Waals surface area contributed by atoms with Gasteiger partial charge in [-0.1, -0.05) is 48.5 Å². The predicted octanol–water partition coefficient (Wildman–Crippen LogP) is 5.52. The first-order valence-electron chi connectivity index (χ1n) is 12.4. The van der Waals surface area contributed by atoms with Crippen molar-refractivity contribution in [3.8, 4) is 9.88 Å². The van der Waals surface area contributed by atoms with Crippen molar-refractivity contribution >= 4 is 45.3 Å². The monoisotopic (exact) mass is 566 g/mol. The first-order valence-corrected chi connectivity index (χ1v) is 15.6. The van der Waals surface area contributed by atoms with E-state index in [1.807, 2.05) is 86.5 Å². The number of nitrogens with zero attached hydrogens (tertiary/aromatic N) is 4. The molecule has 0 fully saturated rings. The molecule has 0 N–H and O–H groups in total. The van der Waals surface area contributed by atoms with Crippen LogP contribution in [0, 0.1) is 0 Å². The molecule has 4 rings (SSSR count). The lowest BCUT2D eigenvalue weighted by Gasteiger charge is -2.33. The van der Waals surface area contributed by atoms with Crippen molar-refractivity contribution in [2.75, 3.05) is 38.8 Å². The molecule has 0 spiro atoms. The number of hydrogen-bond donors (Lipinski definition) is 0. The van der Waals surface area contributed by atoms with Gasteiger partial charge in [0.1, 0.15) is 16.0 Å². The third-order valence-corrected chi connectivity index (χ3v) is 9.59. The first kappa shape index (κ1) is 28.2. The van der Waals surface area contributed by atoms with E-state index in [1.165, 1.54) is 0 Å². The van der Waals surface area contributed by atoms with Crippen molar-refractivity contribution in [3.05, 3.63) is 94.3 Å². The first-order chi connectivity index (χ1) is 18.2. The summed E-state index contributed by atoms with van der Waals surface area (Å²) in [6, 6.07) is 21.8. The summed E-state index contributed by atoms with van der Waals surface area (Å²) in [5, 5.41) is 5.10. The molecule has 3 unspecified atom stereocenters. The molecule has 1 amide bonds. The van der Waals surface area contributed by atoms with E-state index in [-0.39, 0.29) is 18.0 Å². The Hall–Kier alpha value is -2.85. The molecule has 2 heterocycles. The van der Waals surface area contributed by atoms with Gasteiger partial charge in [0.2, 0.25) is 5.91 Å². The zero-order chi connectivity index (χ0) is 27.2. The van der Waals surface area contributed by atoms with Crippen molar-refractivity contribution in [1.82, 2.24) is 14.8 Å². The fourth-order valence-electron chi connectivity index (χ4n) is 4.32. The molecule has 0 bridgehead atoms. The molecule has 38 heavy (non-hydrogen) atoms. The SMILES string of the molecule is CN(C)C(Cc1ccccc1)C(=O)N(C)C(Cc1ccc(N(C)S(C)=O)cc1)c1csc(-c2cccs2)n1. The van der Waals surface area contributed by atoms with Gasteiger partial charge in [0.15, 0.2) is 0 Å². The van der Waals surface area contributed by atoms with Gasteiger partial charge in [-0.3, -0.25) is 14.0 Å². The highest BCUT2D eigenvalue weighted by atomic mass is 32.2. The number of thiazole rings is 1. The molecule has 9 heteroatoms. The highest BCUT2D eigenvalue weighted by molar-refractivity contribution is 7.85. The average Bonchev–Trinajstić information content (AvgIpc) is 3.62. The third-order valence-electron chi connectivity index (χ3n) is 6.71. The lowest BCUT2D eigenvalue weighted by atomic mass is 9.99. The molecule has 0 saturated heterocycles. The molecule has 0 saturated carbocycles. The molecular formula is C29H34N4O2S3. The fourth-order valence-corrected chi connectivity index (χ4v) is 6.42. The Morgan fingerprint density at radius 1 is 0.895 bits per heavy atom. The summed E-state index contributed by atoms with van der Waals surface area (Å²) < 4.78 is 13.6. The smallest absolute Gasteiger partial charge is 0.240 e. The largest absolute Gasteiger partial charge is 0.335 e. The van der Waals surface area contributed by atoms with Crippen LogP contribution in [0.4, 0.5) is 5.69 Å². The molecular weight excluding hydrogens is 533 g/mol. The molecule has 2 aromatic carbocycles. The Kier molecular flexibility index (Phi) is 9.49. The lowest BCUT2D eigenvalue weighted by Crippen LogP contribution is -2.47. The van der Waals surface area contributed by atoms with Crippen molar-refractivity contribution in [3.63, 3.8) is 0 Å². The lowest BCUT2D eigenvalue weighted by molar-refractivity contribution is -0.137. The minimum atomic E-state index is -1.09. The van der Waals surface area contributed by atoms with Crippen LogP contribution in [0.5, 0.6) is 0 Å². The van der Waals surface area contributed by atoms with Gasteiger partial charge in [-0.15, -0.1) is 22.7 Å². The quantitative estimate of drug-likeness (QED) is 0.240. The van der Waals surface area contributed by atoms with Gasteiger partial charge in [-0.05, 0) is 61.6 Å². The number of amides is 1. The van der Waals surface area contributed by atoms with Crippen LogP contribution in [0.1, 0.15) is 22.9 Å². The van der Waals surface area contributed by atoms with Crippen LogP contribution in [-0.4, -0.2) is 65.4 Å². The number of carbonyl (C=O) groups excluding carboxylic acids is 1. The van der Waals surface area contributed by atoms with E-state index in [1.54, 1.807) is 33.2 Å². The van der Waals surface area contributed by atoms with Gasteiger partial charge < -0.3 is 4.90 Å². The Morgan fingerprint density at radius 3 is 2.18 bits per heavy atom. The van der Waals surface area contributed by atoms with Crippen molar-refractivity contribution in [2.45, 2.75) is 24.9 Å². The second kappa shape index (κ2) is 12.8. The molecule has 6 nitrogen and oxygen atoms in total. The summed E-state index contributed by atoms with van der Waals surface area (Å²) in [5.41, 5.74) is 4.00. The van der Waals surface area contributed by atoms with Crippen LogP contribution < -0.4 is 4.31 Å². The molecule has 200 valence electrons. The summed E-state index contributed by atoms with van der Waals surface area (Å²) >= 11 is 3.28. The van der Waals surface area contributed by atoms with Crippen molar-refractivity contribution in [2.24, 2.45) is 0 Å². The Balaban J connectivity index is 1.63. The third kappa shape index (κ3) is 6.77. The van der Waals surface area contributed by atoms with Gasteiger partial charge in [-0.2, -0.15) is 0 Å². The minimum absolute atomic E-state index is 0.0623. The number of thiophene rings is 1. The number of anilines is 1. The number of hydrogen-bond acceptors (Lipinski definition) is 6. The molecule has 0 aliphatic heterocycles. The van der Waals surface area contributed by atoms with Crippen LogP contribution in [0.3, 0.4) is 0 Å². The summed E-state index contributed by atoms with van der Waals surface area (Å²) in [7, 11) is 6.53. The van der Waals surface area contributed by atoms with Gasteiger partial charge in [0, 0.05) is 31.4 Å².